The van der Waals surface area contributed by atoms with Crippen LogP contribution in [0, 0.1) is 24.5 Å². The van der Waals surface area contributed by atoms with E-state index in [9.17, 15) is 5.26 Å². The molecule has 5 nitrogen and oxygen atoms in total. The minimum atomic E-state index is -0.851. The van der Waals surface area contributed by atoms with Crippen LogP contribution < -0.4 is 4.90 Å². The zero-order chi connectivity index (χ0) is 33.3. The number of hydrogen-bond acceptors (Lipinski definition) is 3. The van der Waals surface area contributed by atoms with Gasteiger partial charge in [-0.1, -0.05) is 86.6 Å². The Hall–Kier alpha value is -5.67. The highest BCUT2D eigenvalue weighted by atomic mass is 16.5. The minimum absolute atomic E-state index is 0.0698. The highest BCUT2D eigenvalue weighted by Gasteiger charge is 2.50. The van der Waals surface area contributed by atoms with Crippen molar-refractivity contribution in [3.05, 3.63) is 148 Å². The lowest BCUT2D eigenvalue weighted by Crippen LogP contribution is -2.32. The molecule has 0 N–H and O–H groups in total. The maximum Gasteiger partial charge on any atom is 0.214 e. The van der Waals surface area contributed by atoms with Gasteiger partial charge in [-0.3, -0.25) is 0 Å². The lowest BCUT2D eigenvalue weighted by molar-refractivity contribution is -0.104. The first-order chi connectivity index (χ1) is 22.4. The van der Waals surface area contributed by atoms with Gasteiger partial charge in [0.25, 0.3) is 0 Å². The number of nitriles is 1. The van der Waals surface area contributed by atoms with Gasteiger partial charge in [-0.2, -0.15) is 5.26 Å². The monoisotopic (exact) mass is 610 g/mol. The second kappa shape index (κ2) is 10.4. The highest BCUT2D eigenvalue weighted by Crippen LogP contribution is 2.62. The van der Waals surface area contributed by atoms with Crippen LogP contribution in [0.3, 0.4) is 0 Å². The summed E-state index contributed by atoms with van der Waals surface area (Å²) in [4.78, 5) is 9.85. The number of nitrogens with zero attached hydrogens (tertiary/aromatic N) is 4. The third-order valence-corrected chi connectivity index (χ3v) is 9.73. The summed E-state index contributed by atoms with van der Waals surface area (Å²) in [6.07, 6.45) is 0. The maximum atomic E-state index is 10.8. The van der Waals surface area contributed by atoms with Crippen molar-refractivity contribution in [3.63, 3.8) is 0 Å². The first-order valence-corrected chi connectivity index (χ1v) is 15.7. The molecular weight excluding hydrogens is 576 g/mol. The van der Waals surface area contributed by atoms with Crippen molar-refractivity contribution in [2.45, 2.75) is 58.2 Å². The zero-order valence-corrected chi connectivity index (χ0v) is 27.4. The van der Waals surface area contributed by atoms with Gasteiger partial charge in [0, 0.05) is 11.0 Å². The van der Waals surface area contributed by atoms with Crippen LogP contribution in [-0.4, -0.2) is 0 Å². The predicted octanol–water partition coefficient (Wildman–Crippen LogP) is 11.6. The van der Waals surface area contributed by atoms with E-state index in [1.807, 2.05) is 64.1 Å². The first-order valence-electron chi connectivity index (χ1n) is 15.7. The van der Waals surface area contributed by atoms with Crippen LogP contribution in [0.5, 0.6) is 0 Å². The molecule has 5 aromatic carbocycles. The van der Waals surface area contributed by atoms with Crippen molar-refractivity contribution in [1.82, 2.24) is 0 Å². The number of anilines is 3. The van der Waals surface area contributed by atoms with E-state index in [2.05, 4.69) is 95.2 Å². The van der Waals surface area contributed by atoms with E-state index in [4.69, 9.17) is 17.9 Å². The van der Waals surface area contributed by atoms with Crippen LogP contribution in [0.25, 0.3) is 31.9 Å². The van der Waals surface area contributed by atoms with Crippen molar-refractivity contribution in [2.75, 3.05) is 4.90 Å². The number of ether oxygens (including phenoxy) is 1. The van der Waals surface area contributed by atoms with Gasteiger partial charge in [0.2, 0.25) is 11.4 Å². The van der Waals surface area contributed by atoms with Crippen molar-refractivity contribution in [3.8, 4) is 28.3 Å². The second-order valence-electron chi connectivity index (χ2n) is 13.8. The van der Waals surface area contributed by atoms with Crippen LogP contribution in [0.1, 0.15) is 69.4 Å². The van der Waals surface area contributed by atoms with E-state index >= 15 is 0 Å². The molecule has 2 aliphatic heterocycles. The first kappa shape index (κ1) is 30.0. The summed E-state index contributed by atoms with van der Waals surface area (Å²) in [6, 6.07) is 36.1. The van der Waals surface area contributed by atoms with Gasteiger partial charge >= 0.3 is 0 Å². The molecule has 47 heavy (non-hydrogen) atoms. The Bertz CT molecular complexity index is 2130. The van der Waals surface area contributed by atoms with E-state index in [-0.39, 0.29) is 16.9 Å². The normalized spacial score (nSPS) is 16.2. The molecule has 0 saturated heterocycles. The molecule has 0 spiro atoms. The summed E-state index contributed by atoms with van der Waals surface area (Å²) in [7, 11) is 0. The Labute approximate surface area is 276 Å². The average molecular weight is 611 g/mol. The van der Waals surface area contributed by atoms with Gasteiger partial charge in [-0.05, 0) is 90.9 Å². The third-order valence-electron chi connectivity index (χ3n) is 9.73. The zero-order valence-electron chi connectivity index (χ0n) is 27.4. The molecule has 228 valence electrons. The molecule has 2 aliphatic rings. The van der Waals surface area contributed by atoms with Gasteiger partial charge in [0.1, 0.15) is 0 Å². The van der Waals surface area contributed by atoms with Crippen molar-refractivity contribution >= 4 is 28.4 Å². The Morgan fingerprint density at radius 3 is 1.53 bits per heavy atom. The number of fused-ring (bicyclic) bond motifs is 3. The average Bonchev–Trinajstić information content (AvgIpc) is 3.27. The Morgan fingerprint density at radius 1 is 0.617 bits per heavy atom. The number of hydrogen-bond donors (Lipinski definition) is 0. The molecule has 0 aliphatic carbocycles. The standard InChI is InChI=1S/C42H34N4O/c1-40(2)31-23-28(26-15-11-9-12-16-26)19-21-33(31)46(34-22-20-29(24-32(34)40)27-17-13-10-14-18-27)39-30(25-43)37(44-7)38(45-8)35-36(39)42(5,6)47-41(35,3)4/h9-24H,1-6H3. The highest BCUT2D eigenvalue weighted by molar-refractivity contribution is 5.98. The summed E-state index contributed by atoms with van der Waals surface area (Å²) >= 11 is 0. The van der Waals surface area contributed by atoms with E-state index in [0.717, 1.165) is 50.3 Å². The smallest absolute Gasteiger partial charge is 0.214 e. The van der Waals surface area contributed by atoms with Gasteiger partial charge < -0.3 is 9.64 Å². The molecule has 2 heterocycles. The fourth-order valence-electron chi connectivity index (χ4n) is 7.77. The molecule has 0 saturated carbocycles. The molecule has 5 heteroatoms. The molecule has 0 unspecified atom stereocenters. The molecule has 0 atom stereocenters. The summed E-state index contributed by atoms with van der Waals surface area (Å²) in [6.45, 7) is 28.7. The fraction of sp³-hybridized carbons (Fsp3) is 0.214. The summed E-state index contributed by atoms with van der Waals surface area (Å²) in [5.41, 5.74) is 8.89. The van der Waals surface area contributed by atoms with Crippen LogP contribution in [0.2, 0.25) is 0 Å². The Kier molecular flexibility index (Phi) is 6.66. The summed E-state index contributed by atoms with van der Waals surface area (Å²) < 4.78 is 6.67. The summed E-state index contributed by atoms with van der Waals surface area (Å²) in [5, 5.41) is 10.8. The second-order valence-corrected chi connectivity index (χ2v) is 13.8. The quantitative estimate of drug-likeness (QED) is 0.191. The molecule has 5 aromatic rings. The van der Waals surface area contributed by atoms with Gasteiger partial charge in [0.05, 0.1) is 53.0 Å². The van der Waals surface area contributed by atoms with E-state index in [0.29, 0.717) is 11.3 Å². The van der Waals surface area contributed by atoms with Gasteiger partial charge in [0.15, 0.2) is 0 Å². The topological polar surface area (TPSA) is 45.0 Å². The minimum Gasteiger partial charge on any atom is -0.362 e. The molecule has 0 radical (unpaired) electrons. The largest absolute Gasteiger partial charge is 0.362 e. The van der Waals surface area contributed by atoms with E-state index in [1.165, 1.54) is 0 Å². The van der Waals surface area contributed by atoms with E-state index in [1.54, 1.807) is 0 Å². The fourth-order valence-corrected chi connectivity index (χ4v) is 7.77. The van der Waals surface area contributed by atoms with Crippen molar-refractivity contribution in [1.29, 1.82) is 5.26 Å². The SMILES string of the molecule is [C-]#[N+]c1c(C#N)c(N2c3ccc(-c4ccccc4)cc3C(C)(C)c3cc(-c4ccccc4)ccc32)c2c(c1[N+]#[C-])C(C)(C)OC2(C)C. The summed E-state index contributed by atoms with van der Waals surface area (Å²) in [5.74, 6) is 0. The lowest BCUT2D eigenvalue weighted by Gasteiger charge is -2.44. The number of rotatable bonds is 3. The van der Waals surface area contributed by atoms with Crippen LogP contribution >= 0.6 is 0 Å². The van der Waals surface area contributed by atoms with Crippen LogP contribution in [-0.2, 0) is 21.4 Å². The van der Waals surface area contributed by atoms with Gasteiger partial charge in [-0.25, -0.2) is 9.69 Å². The third kappa shape index (κ3) is 4.38. The molecule has 0 amide bonds. The predicted molar refractivity (Wildman–Crippen MR) is 189 cm³/mol. The molecule has 0 bridgehead atoms. The lowest BCUT2D eigenvalue weighted by atomic mass is 9.71. The van der Waals surface area contributed by atoms with Crippen molar-refractivity contribution in [2.24, 2.45) is 0 Å². The van der Waals surface area contributed by atoms with Gasteiger partial charge in [-0.15, -0.1) is 0 Å². The Morgan fingerprint density at radius 2 is 1.09 bits per heavy atom. The number of benzene rings is 5. The maximum absolute atomic E-state index is 10.8. The molecule has 0 aromatic heterocycles. The van der Waals surface area contributed by atoms with Crippen molar-refractivity contribution < 1.29 is 4.74 Å². The molecular formula is C42H34N4O. The van der Waals surface area contributed by atoms with Crippen LogP contribution in [0.4, 0.5) is 28.4 Å². The molecule has 7 rings (SSSR count). The van der Waals surface area contributed by atoms with Crippen LogP contribution in [0.15, 0.2) is 97.1 Å². The molecule has 0 fully saturated rings. The van der Waals surface area contributed by atoms with E-state index < -0.39 is 16.6 Å². The Balaban J connectivity index is 1.63.